The first-order chi connectivity index (χ1) is 13.3. The second kappa shape index (κ2) is 9.93. The van der Waals surface area contributed by atoms with Gasteiger partial charge in [0.1, 0.15) is 0 Å². The van der Waals surface area contributed by atoms with Crippen molar-refractivity contribution in [1.29, 1.82) is 0 Å². The maximum Gasteiger partial charge on any atom is 0.416 e. The zero-order valence-corrected chi connectivity index (χ0v) is 16.4. The van der Waals surface area contributed by atoms with Gasteiger partial charge in [0, 0.05) is 0 Å². The van der Waals surface area contributed by atoms with E-state index in [0.717, 1.165) is 29.2 Å². The van der Waals surface area contributed by atoms with Gasteiger partial charge in [-0.1, -0.05) is 72.8 Å². The lowest BCUT2D eigenvalue weighted by molar-refractivity contribution is -0.137. The van der Waals surface area contributed by atoms with E-state index >= 15 is 0 Å². The first kappa shape index (κ1) is 21.5. The lowest BCUT2D eigenvalue weighted by Gasteiger charge is -2.10. The zero-order valence-electron chi connectivity index (χ0n) is 16.4. The van der Waals surface area contributed by atoms with Crippen LogP contribution in [0.15, 0.2) is 95.6 Å². The fourth-order valence-corrected chi connectivity index (χ4v) is 3.02. The fourth-order valence-electron chi connectivity index (χ4n) is 3.02. The van der Waals surface area contributed by atoms with Crippen LogP contribution in [0.1, 0.15) is 37.5 Å². The third-order valence-corrected chi connectivity index (χ3v) is 4.41. The van der Waals surface area contributed by atoms with E-state index < -0.39 is 11.7 Å². The predicted molar refractivity (Wildman–Crippen MR) is 112 cm³/mol. The second-order valence-electron chi connectivity index (χ2n) is 6.62. The van der Waals surface area contributed by atoms with Crippen molar-refractivity contribution in [2.24, 2.45) is 0 Å². The van der Waals surface area contributed by atoms with Gasteiger partial charge in [-0.25, -0.2) is 0 Å². The van der Waals surface area contributed by atoms with Crippen LogP contribution in [0.3, 0.4) is 0 Å². The monoisotopic (exact) mass is 382 g/mol. The first-order valence-electron chi connectivity index (χ1n) is 9.21. The highest BCUT2D eigenvalue weighted by Crippen LogP contribution is 2.30. The third kappa shape index (κ3) is 6.41. The molecule has 146 valence electrons. The second-order valence-corrected chi connectivity index (χ2v) is 6.62. The summed E-state index contributed by atoms with van der Waals surface area (Å²) in [6, 6.07) is 15.6. The largest absolute Gasteiger partial charge is 0.416 e. The maximum atomic E-state index is 12.9. The molecule has 0 aliphatic rings. The molecule has 0 saturated heterocycles. The Balaban J connectivity index is 2.14. The molecule has 0 spiro atoms. The molecule has 0 radical (unpaired) electrons. The Morgan fingerprint density at radius 1 is 0.929 bits per heavy atom. The van der Waals surface area contributed by atoms with Crippen molar-refractivity contribution < 1.29 is 13.2 Å². The number of halogens is 3. The number of allylic oxidation sites excluding steroid dienone is 7. The van der Waals surface area contributed by atoms with Gasteiger partial charge >= 0.3 is 6.18 Å². The van der Waals surface area contributed by atoms with Crippen molar-refractivity contribution in [2.45, 2.75) is 33.4 Å². The molecule has 0 unspecified atom stereocenters. The normalized spacial score (nSPS) is 14.0. The van der Waals surface area contributed by atoms with E-state index in [0.29, 0.717) is 5.56 Å². The van der Waals surface area contributed by atoms with Gasteiger partial charge in [-0.15, -0.1) is 0 Å². The minimum absolute atomic E-state index is 0.541. The molecule has 3 heteroatoms. The van der Waals surface area contributed by atoms with Crippen LogP contribution in [0.4, 0.5) is 13.2 Å². The van der Waals surface area contributed by atoms with Gasteiger partial charge in [0.15, 0.2) is 0 Å². The molecule has 0 N–H and O–H groups in total. The van der Waals surface area contributed by atoms with Gasteiger partial charge in [-0.05, 0) is 67.2 Å². The van der Waals surface area contributed by atoms with E-state index in [1.807, 2.05) is 57.2 Å². The molecule has 0 fully saturated rings. The lowest BCUT2D eigenvalue weighted by Crippen LogP contribution is -2.04. The fraction of sp³-hybridized carbons (Fsp3) is 0.200. The summed E-state index contributed by atoms with van der Waals surface area (Å²) in [5.41, 5.74) is 4.16. The molecule has 0 bridgehead atoms. The Morgan fingerprint density at radius 2 is 1.64 bits per heavy atom. The lowest BCUT2D eigenvalue weighted by atomic mass is 9.97. The SMILES string of the molecule is C/C=C(C(\C)=C/c1cccc(C(F)(F)F)c1)/C(C)=C/C=C\Cc1ccccc1. The minimum Gasteiger partial charge on any atom is -0.166 e. The van der Waals surface area contributed by atoms with Gasteiger partial charge in [-0.2, -0.15) is 13.2 Å². The van der Waals surface area contributed by atoms with Gasteiger partial charge in [0.2, 0.25) is 0 Å². The molecule has 0 amide bonds. The summed E-state index contributed by atoms with van der Waals surface area (Å²) in [6.45, 7) is 5.86. The van der Waals surface area contributed by atoms with E-state index in [1.54, 1.807) is 12.1 Å². The molecule has 28 heavy (non-hydrogen) atoms. The van der Waals surface area contributed by atoms with Crippen molar-refractivity contribution in [1.82, 2.24) is 0 Å². The van der Waals surface area contributed by atoms with Gasteiger partial charge in [0.25, 0.3) is 0 Å². The highest BCUT2D eigenvalue weighted by atomic mass is 19.4. The smallest absolute Gasteiger partial charge is 0.166 e. The van der Waals surface area contributed by atoms with Crippen molar-refractivity contribution in [3.63, 3.8) is 0 Å². The van der Waals surface area contributed by atoms with Crippen LogP contribution >= 0.6 is 0 Å². The summed E-state index contributed by atoms with van der Waals surface area (Å²) in [5.74, 6) is 0. The molecule has 0 aromatic heterocycles. The summed E-state index contributed by atoms with van der Waals surface area (Å²) in [5, 5.41) is 0. The number of hydrogen-bond donors (Lipinski definition) is 0. The van der Waals surface area contributed by atoms with Crippen molar-refractivity contribution in [3.05, 3.63) is 112 Å². The van der Waals surface area contributed by atoms with E-state index in [-0.39, 0.29) is 0 Å². The molecular weight excluding hydrogens is 357 g/mol. The zero-order chi connectivity index (χ0) is 20.6. The molecule has 2 aromatic rings. The van der Waals surface area contributed by atoms with Crippen LogP contribution in [0.5, 0.6) is 0 Å². The Morgan fingerprint density at radius 3 is 2.29 bits per heavy atom. The number of alkyl halides is 3. The van der Waals surface area contributed by atoms with Gasteiger partial charge < -0.3 is 0 Å². The Kier molecular flexibility index (Phi) is 7.62. The molecule has 0 aliphatic carbocycles. The third-order valence-electron chi connectivity index (χ3n) is 4.41. The van der Waals surface area contributed by atoms with Crippen molar-refractivity contribution in [2.75, 3.05) is 0 Å². The highest BCUT2D eigenvalue weighted by molar-refractivity contribution is 5.62. The van der Waals surface area contributed by atoms with Crippen LogP contribution in [0.25, 0.3) is 6.08 Å². The van der Waals surface area contributed by atoms with Crippen LogP contribution in [0.2, 0.25) is 0 Å². The van der Waals surface area contributed by atoms with Crippen LogP contribution < -0.4 is 0 Å². The number of hydrogen-bond acceptors (Lipinski definition) is 0. The number of rotatable bonds is 6. The molecule has 2 aromatic carbocycles. The summed E-state index contributed by atoms with van der Waals surface area (Å²) in [4.78, 5) is 0. The standard InChI is InChI=1S/C25H25F3/c1-4-24(19(2)11-8-9-14-21-12-6-5-7-13-21)20(3)17-22-15-10-16-23(18-22)25(26,27)28/h4-13,15-18H,14H2,1-3H3/b9-8-,19-11+,20-17-,24-4-. The van der Waals surface area contributed by atoms with Crippen molar-refractivity contribution >= 4 is 6.08 Å². The summed E-state index contributed by atoms with van der Waals surface area (Å²) in [6.07, 6.45) is 6.43. The topological polar surface area (TPSA) is 0 Å². The summed E-state index contributed by atoms with van der Waals surface area (Å²) >= 11 is 0. The Bertz CT molecular complexity index is 895. The average molecular weight is 382 g/mol. The van der Waals surface area contributed by atoms with Crippen molar-refractivity contribution in [3.8, 4) is 0 Å². The Labute approximate surface area is 165 Å². The molecule has 2 rings (SSSR count). The van der Waals surface area contributed by atoms with Crippen LogP contribution in [0, 0.1) is 0 Å². The highest BCUT2D eigenvalue weighted by Gasteiger charge is 2.30. The molecule has 0 heterocycles. The summed E-state index contributed by atoms with van der Waals surface area (Å²) in [7, 11) is 0. The molecule has 0 saturated carbocycles. The minimum atomic E-state index is -4.33. The molecule has 0 nitrogen and oxygen atoms in total. The quantitative estimate of drug-likeness (QED) is 0.447. The van der Waals surface area contributed by atoms with E-state index in [2.05, 4.69) is 18.2 Å². The van der Waals surface area contributed by atoms with Gasteiger partial charge in [0.05, 0.1) is 5.56 Å². The molecule has 0 aliphatic heterocycles. The first-order valence-corrected chi connectivity index (χ1v) is 9.21. The van der Waals surface area contributed by atoms with Crippen LogP contribution in [-0.2, 0) is 12.6 Å². The molecular formula is C25H25F3. The van der Waals surface area contributed by atoms with E-state index in [9.17, 15) is 13.2 Å². The number of benzene rings is 2. The van der Waals surface area contributed by atoms with Crippen LogP contribution in [-0.4, -0.2) is 0 Å². The summed E-state index contributed by atoms with van der Waals surface area (Å²) < 4.78 is 38.7. The van der Waals surface area contributed by atoms with E-state index in [1.165, 1.54) is 17.7 Å². The maximum absolute atomic E-state index is 12.9. The van der Waals surface area contributed by atoms with E-state index in [4.69, 9.17) is 0 Å². The average Bonchev–Trinajstić information content (AvgIpc) is 2.66. The molecule has 0 atom stereocenters. The Hall–Kier alpha value is -2.81. The predicted octanol–water partition coefficient (Wildman–Crippen LogP) is 7.80. The van der Waals surface area contributed by atoms with Gasteiger partial charge in [-0.3, -0.25) is 0 Å².